The minimum atomic E-state index is -0.444. The number of hydrogen-bond donors (Lipinski definition) is 0. The van der Waals surface area contributed by atoms with Gasteiger partial charge in [0.1, 0.15) is 0 Å². The standard InChI is InChI=1S/C30H34NP/c1-31(2)30(23-14-6-3-7-15-23)29-27-21-13-12-16-24(27)22-28(29)32(25-17-8-4-9-18-25)26-19-10-5-11-20-26/h3-11,14-15,17-20,28-30H,12-13,16,21-22H2,1-2H3/t28-,29?,30-/m1/s1. The molecule has 2 aliphatic carbocycles. The Bertz CT molecular complexity index is 1000. The highest BCUT2D eigenvalue weighted by Crippen LogP contribution is 2.58. The van der Waals surface area contributed by atoms with E-state index < -0.39 is 7.92 Å². The molecule has 0 N–H and O–H groups in total. The SMILES string of the molecule is CN(C)[C@H](c1ccccc1)C1C2=C(CCCC2)C[C@H]1P(c1ccccc1)c1ccccc1. The Kier molecular flexibility index (Phi) is 6.58. The van der Waals surface area contributed by atoms with Gasteiger partial charge in [-0.15, -0.1) is 0 Å². The van der Waals surface area contributed by atoms with Gasteiger partial charge < -0.3 is 4.90 Å². The molecule has 3 aromatic carbocycles. The Morgan fingerprint density at radius 3 is 1.81 bits per heavy atom. The summed E-state index contributed by atoms with van der Waals surface area (Å²) in [5.74, 6) is 0.578. The fraction of sp³-hybridized carbons (Fsp3) is 0.333. The summed E-state index contributed by atoms with van der Waals surface area (Å²) < 4.78 is 0. The molecule has 1 unspecified atom stereocenters. The molecule has 0 radical (unpaired) electrons. The van der Waals surface area contributed by atoms with Crippen molar-refractivity contribution in [2.75, 3.05) is 14.1 Å². The summed E-state index contributed by atoms with van der Waals surface area (Å²) in [7, 11) is 4.12. The molecule has 164 valence electrons. The van der Waals surface area contributed by atoms with Gasteiger partial charge in [0.25, 0.3) is 0 Å². The van der Waals surface area contributed by atoms with Gasteiger partial charge >= 0.3 is 0 Å². The second-order valence-corrected chi connectivity index (χ2v) is 11.9. The van der Waals surface area contributed by atoms with Crippen LogP contribution in [-0.4, -0.2) is 24.7 Å². The minimum Gasteiger partial charge on any atom is -0.302 e. The Morgan fingerprint density at radius 1 is 0.719 bits per heavy atom. The number of nitrogens with zero attached hydrogens (tertiary/aromatic N) is 1. The smallest absolute Gasteiger partial charge is 0.0413 e. The van der Waals surface area contributed by atoms with E-state index in [1.54, 1.807) is 11.1 Å². The van der Waals surface area contributed by atoms with Crippen molar-refractivity contribution in [2.45, 2.75) is 43.8 Å². The number of benzene rings is 3. The molecule has 5 rings (SSSR count). The monoisotopic (exact) mass is 439 g/mol. The van der Waals surface area contributed by atoms with Crippen molar-refractivity contribution < 1.29 is 0 Å². The van der Waals surface area contributed by atoms with Gasteiger partial charge in [0, 0.05) is 12.0 Å². The quantitative estimate of drug-likeness (QED) is 0.306. The van der Waals surface area contributed by atoms with Crippen molar-refractivity contribution in [1.29, 1.82) is 0 Å². The summed E-state index contributed by atoms with van der Waals surface area (Å²) in [6.07, 6.45) is 6.59. The number of rotatable bonds is 6. The molecule has 0 heterocycles. The highest BCUT2D eigenvalue weighted by molar-refractivity contribution is 7.73. The van der Waals surface area contributed by atoms with E-state index in [-0.39, 0.29) is 0 Å². The Hall–Kier alpha value is -2.21. The normalized spacial score (nSPS) is 21.8. The van der Waals surface area contributed by atoms with E-state index in [1.807, 2.05) is 0 Å². The molecule has 0 saturated heterocycles. The van der Waals surface area contributed by atoms with Gasteiger partial charge in [0.2, 0.25) is 0 Å². The lowest BCUT2D eigenvalue weighted by Crippen LogP contribution is -2.36. The summed E-state index contributed by atoms with van der Waals surface area (Å²) in [6, 6.07) is 34.4. The molecule has 3 aromatic rings. The van der Waals surface area contributed by atoms with Crippen LogP contribution in [0.5, 0.6) is 0 Å². The van der Waals surface area contributed by atoms with Gasteiger partial charge in [-0.1, -0.05) is 102 Å². The third-order valence-corrected chi connectivity index (χ3v) is 10.2. The minimum absolute atomic E-state index is 0.421. The topological polar surface area (TPSA) is 3.24 Å². The largest absolute Gasteiger partial charge is 0.302 e. The van der Waals surface area contributed by atoms with Crippen molar-refractivity contribution in [3.8, 4) is 0 Å². The van der Waals surface area contributed by atoms with Crippen LogP contribution in [0.3, 0.4) is 0 Å². The average molecular weight is 440 g/mol. The first-order chi connectivity index (χ1) is 15.7. The molecule has 0 aromatic heterocycles. The van der Waals surface area contributed by atoms with Crippen LogP contribution in [0.1, 0.15) is 43.7 Å². The fourth-order valence-electron chi connectivity index (χ4n) is 6.08. The van der Waals surface area contributed by atoms with Crippen LogP contribution in [0.25, 0.3) is 0 Å². The van der Waals surface area contributed by atoms with Crippen LogP contribution < -0.4 is 10.6 Å². The average Bonchev–Trinajstić information content (AvgIpc) is 3.20. The lowest BCUT2D eigenvalue weighted by molar-refractivity contribution is 0.232. The Labute approximate surface area is 194 Å². The fourth-order valence-corrected chi connectivity index (χ4v) is 9.20. The zero-order valence-electron chi connectivity index (χ0n) is 19.3. The summed E-state index contributed by atoms with van der Waals surface area (Å²) >= 11 is 0. The van der Waals surface area contributed by atoms with Gasteiger partial charge in [0.15, 0.2) is 0 Å². The maximum Gasteiger partial charge on any atom is 0.0413 e. The molecule has 0 fully saturated rings. The molecule has 3 atom stereocenters. The van der Waals surface area contributed by atoms with Gasteiger partial charge in [-0.05, 0) is 76.0 Å². The summed E-state index contributed by atoms with van der Waals surface area (Å²) in [4.78, 5) is 2.49. The van der Waals surface area contributed by atoms with Crippen LogP contribution in [0, 0.1) is 5.92 Å². The van der Waals surface area contributed by atoms with Crippen LogP contribution in [0.4, 0.5) is 0 Å². The van der Waals surface area contributed by atoms with Crippen molar-refractivity contribution in [3.63, 3.8) is 0 Å². The number of allylic oxidation sites excluding steroid dienone is 1. The van der Waals surface area contributed by atoms with Gasteiger partial charge in [0.05, 0.1) is 0 Å². The van der Waals surface area contributed by atoms with E-state index in [9.17, 15) is 0 Å². The zero-order chi connectivity index (χ0) is 21.9. The maximum absolute atomic E-state index is 2.49. The molecular formula is C30H34NP. The van der Waals surface area contributed by atoms with Gasteiger partial charge in [-0.25, -0.2) is 0 Å². The third kappa shape index (κ3) is 4.21. The van der Waals surface area contributed by atoms with E-state index in [4.69, 9.17) is 0 Å². The van der Waals surface area contributed by atoms with E-state index in [0.29, 0.717) is 17.6 Å². The summed E-state index contributed by atoms with van der Waals surface area (Å²) in [5, 5.41) is 3.04. The lowest BCUT2D eigenvalue weighted by Gasteiger charge is -2.40. The molecule has 1 nitrogen and oxygen atoms in total. The molecule has 2 aliphatic rings. The van der Waals surface area contributed by atoms with E-state index in [1.165, 1.54) is 48.3 Å². The van der Waals surface area contributed by atoms with E-state index in [2.05, 4.69) is 110 Å². The molecule has 0 amide bonds. The summed E-state index contributed by atoms with van der Waals surface area (Å²) in [5.41, 5.74) is 5.69. The van der Waals surface area contributed by atoms with E-state index >= 15 is 0 Å². The Morgan fingerprint density at radius 2 is 1.25 bits per heavy atom. The molecule has 0 bridgehead atoms. The molecular weight excluding hydrogens is 405 g/mol. The highest BCUT2D eigenvalue weighted by Gasteiger charge is 2.45. The second kappa shape index (κ2) is 9.74. The molecule has 0 aliphatic heterocycles. The first-order valence-corrected chi connectivity index (χ1v) is 13.5. The first kappa shape index (κ1) is 21.6. The van der Waals surface area contributed by atoms with Crippen molar-refractivity contribution >= 4 is 18.5 Å². The van der Waals surface area contributed by atoms with Crippen LogP contribution >= 0.6 is 7.92 Å². The van der Waals surface area contributed by atoms with Crippen LogP contribution in [0.15, 0.2) is 102 Å². The van der Waals surface area contributed by atoms with Crippen LogP contribution in [0.2, 0.25) is 0 Å². The second-order valence-electron chi connectivity index (χ2n) is 9.49. The first-order valence-electron chi connectivity index (χ1n) is 12.1. The van der Waals surface area contributed by atoms with Gasteiger partial charge in [-0.3, -0.25) is 0 Å². The Balaban J connectivity index is 1.65. The molecule has 0 saturated carbocycles. The predicted molar refractivity (Wildman–Crippen MR) is 139 cm³/mol. The van der Waals surface area contributed by atoms with E-state index in [0.717, 1.165) is 0 Å². The molecule has 2 heteroatoms. The number of hydrogen-bond acceptors (Lipinski definition) is 1. The predicted octanol–water partition coefficient (Wildman–Crippen LogP) is 6.68. The maximum atomic E-state index is 2.49. The zero-order valence-corrected chi connectivity index (χ0v) is 20.2. The lowest BCUT2D eigenvalue weighted by atomic mass is 9.82. The van der Waals surface area contributed by atoms with Crippen molar-refractivity contribution in [1.82, 2.24) is 4.90 Å². The van der Waals surface area contributed by atoms with Crippen molar-refractivity contribution in [3.05, 3.63) is 108 Å². The highest BCUT2D eigenvalue weighted by atomic mass is 31.1. The van der Waals surface area contributed by atoms with Crippen molar-refractivity contribution in [2.24, 2.45) is 5.92 Å². The molecule has 32 heavy (non-hydrogen) atoms. The van der Waals surface area contributed by atoms with Gasteiger partial charge in [-0.2, -0.15) is 0 Å². The molecule has 0 spiro atoms. The van der Waals surface area contributed by atoms with Crippen LogP contribution in [-0.2, 0) is 0 Å². The third-order valence-electron chi connectivity index (χ3n) is 7.34. The summed E-state index contributed by atoms with van der Waals surface area (Å²) in [6.45, 7) is 0.